The van der Waals surface area contributed by atoms with E-state index in [0.717, 1.165) is 5.69 Å². The molecule has 0 saturated heterocycles. The van der Waals surface area contributed by atoms with Crippen molar-refractivity contribution in [1.82, 2.24) is 0 Å². The highest BCUT2D eigenvalue weighted by molar-refractivity contribution is 5.99. The summed E-state index contributed by atoms with van der Waals surface area (Å²) in [6, 6.07) is 13.9. The van der Waals surface area contributed by atoms with Gasteiger partial charge >= 0.3 is 6.03 Å². The Kier molecular flexibility index (Phi) is 2.87. The van der Waals surface area contributed by atoms with E-state index in [4.69, 9.17) is 0 Å². The monoisotopic (exact) mass is 265 g/mol. The molecule has 0 fully saturated rings. The van der Waals surface area contributed by atoms with Crippen LogP contribution >= 0.6 is 0 Å². The maximum atomic E-state index is 12.0. The molecule has 1 heterocycles. The Morgan fingerprint density at radius 3 is 2.45 bits per heavy atom. The fraction of sp³-hybridized carbons (Fsp3) is 0.0667. The fourth-order valence-corrected chi connectivity index (χ4v) is 2.20. The molecule has 0 radical (unpaired) electrons. The number of urea groups is 1. The van der Waals surface area contributed by atoms with E-state index in [-0.39, 0.29) is 5.91 Å². The van der Waals surface area contributed by atoms with Crippen LogP contribution in [0.1, 0.15) is 6.92 Å². The van der Waals surface area contributed by atoms with E-state index in [1.165, 1.54) is 11.8 Å². The van der Waals surface area contributed by atoms with Crippen molar-refractivity contribution in [2.75, 3.05) is 4.90 Å². The largest absolute Gasteiger partial charge is 0.368 e. The van der Waals surface area contributed by atoms with Crippen molar-refractivity contribution in [3.8, 4) is 0 Å². The molecule has 1 aliphatic heterocycles. The lowest BCUT2D eigenvalue weighted by Crippen LogP contribution is -2.33. The second-order valence-electron chi connectivity index (χ2n) is 4.34. The van der Waals surface area contributed by atoms with Crippen LogP contribution in [0.5, 0.6) is 0 Å². The first-order chi connectivity index (χ1) is 9.66. The van der Waals surface area contributed by atoms with Gasteiger partial charge in [-0.05, 0) is 24.3 Å². The van der Waals surface area contributed by atoms with E-state index in [0.29, 0.717) is 16.4 Å². The molecule has 20 heavy (non-hydrogen) atoms. The molecule has 0 bridgehead atoms. The Hall–Kier alpha value is -2.82. The Morgan fingerprint density at radius 2 is 1.75 bits per heavy atom. The molecule has 2 aromatic rings. The minimum atomic E-state index is -0.538. The Bertz CT molecular complexity index is 813. The molecule has 98 valence electrons. The summed E-state index contributed by atoms with van der Waals surface area (Å²) in [6.07, 6.45) is 0. The van der Waals surface area contributed by atoms with Crippen molar-refractivity contribution >= 4 is 23.3 Å². The molecule has 5 heteroatoms. The zero-order valence-electron chi connectivity index (χ0n) is 10.8. The summed E-state index contributed by atoms with van der Waals surface area (Å²) in [5.41, 5.74) is 1.29. The van der Waals surface area contributed by atoms with Gasteiger partial charge in [-0.2, -0.15) is 9.98 Å². The van der Waals surface area contributed by atoms with Crippen LogP contribution in [0.4, 0.5) is 16.2 Å². The molecule has 1 aliphatic rings. The van der Waals surface area contributed by atoms with Crippen LogP contribution in [-0.4, -0.2) is 11.9 Å². The standard InChI is InChI=1S/C15H11N3O2/c1-10(19)18(11-6-3-2-4-7-11)13-9-5-8-12-14(13)17-15(20)16-12/h2-9H,1H3. The van der Waals surface area contributed by atoms with E-state index in [1.807, 2.05) is 30.3 Å². The third-order valence-corrected chi connectivity index (χ3v) is 2.99. The summed E-state index contributed by atoms with van der Waals surface area (Å²) in [6.45, 7) is 1.47. The van der Waals surface area contributed by atoms with E-state index in [1.54, 1.807) is 18.2 Å². The first-order valence-corrected chi connectivity index (χ1v) is 6.13. The number of rotatable bonds is 2. The number of benzene rings is 2. The molecule has 0 unspecified atom stereocenters. The van der Waals surface area contributed by atoms with Gasteiger partial charge in [-0.25, -0.2) is 4.79 Å². The second-order valence-corrected chi connectivity index (χ2v) is 4.34. The molecular formula is C15H11N3O2. The normalized spacial score (nSPS) is 12.3. The highest BCUT2D eigenvalue weighted by Crippen LogP contribution is 2.22. The van der Waals surface area contributed by atoms with Crippen LogP contribution in [0.2, 0.25) is 0 Å². The van der Waals surface area contributed by atoms with E-state index in [9.17, 15) is 9.59 Å². The van der Waals surface area contributed by atoms with E-state index in [2.05, 4.69) is 9.98 Å². The zero-order valence-corrected chi connectivity index (χ0v) is 10.8. The number of carbonyl (C=O) groups is 2. The first kappa shape index (κ1) is 12.2. The Labute approximate surface area is 114 Å². The van der Waals surface area contributed by atoms with Gasteiger partial charge in [-0.15, -0.1) is 0 Å². The molecular weight excluding hydrogens is 254 g/mol. The average Bonchev–Trinajstić information content (AvgIpc) is 2.81. The van der Waals surface area contributed by atoms with Crippen LogP contribution in [0.15, 0.2) is 58.5 Å². The maximum absolute atomic E-state index is 12.0. The topological polar surface area (TPSA) is 62.1 Å². The van der Waals surface area contributed by atoms with Crippen molar-refractivity contribution in [3.63, 3.8) is 0 Å². The quantitative estimate of drug-likeness (QED) is 0.830. The van der Waals surface area contributed by atoms with Gasteiger partial charge in [0.25, 0.3) is 0 Å². The van der Waals surface area contributed by atoms with Gasteiger partial charge in [0.15, 0.2) is 0 Å². The van der Waals surface area contributed by atoms with Crippen LogP contribution in [0.3, 0.4) is 0 Å². The van der Waals surface area contributed by atoms with Gasteiger partial charge < -0.3 is 0 Å². The van der Waals surface area contributed by atoms with Gasteiger partial charge in [0, 0.05) is 12.6 Å². The molecule has 0 spiro atoms. The van der Waals surface area contributed by atoms with Crippen LogP contribution in [0.25, 0.3) is 0 Å². The molecule has 5 nitrogen and oxygen atoms in total. The van der Waals surface area contributed by atoms with E-state index >= 15 is 0 Å². The lowest BCUT2D eigenvalue weighted by molar-refractivity contribution is -0.115. The highest BCUT2D eigenvalue weighted by atomic mass is 16.2. The number of anilines is 2. The van der Waals surface area contributed by atoms with Crippen molar-refractivity contribution < 1.29 is 9.59 Å². The predicted octanol–water partition coefficient (Wildman–Crippen LogP) is 1.74. The third-order valence-electron chi connectivity index (χ3n) is 2.99. The van der Waals surface area contributed by atoms with Crippen LogP contribution < -0.4 is 15.6 Å². The van der Waals surface area contributed by atoms with Gasteiger partial charge in [-0.1, -0.05) is 24.3 Å². The lowest BCUT2D eigenvalue weighted by atomic mass is 10.2. The minimum Gasteiger partial charge on any atom is -0.279 e. The number of hydrogen-bond acceptors (Lipinski definition) is 2. The highest BCUT2D eigenvalue weighted by Gasteiger charge is 2.18. The van der Waals surface area contributed by atoms with Crippen molar-refractivity contribution in [1.29, 1.82) is 0 Å². The van der Waals surface area contributed by atoms with Crippen molar-refractivity contribution in [2.45, 2.75) is 6.92 Å². The lowest BCUT2D eigenvalue weighted by Gasteiger charge is -2.21. The number of fused-ring (bicyclic) bond motifs is 1. The van der Waals surface area contributed by atoms with E-state index < -0.39 is 6.03 Å². The fourth-order valence-electron chi connectivity index (χ4n) is 2.20. The summed E-state index contributed by atoms with van der Waals surface area (Å²) < 4.78 is 0. The number of para-hydroxylation sites is 2. The number of hydrogen-bond donors (Lipinski definition) is 0. The Morgan fingerprint density at radius 1 is 1.00 bits per heavy atom. The summed E-state index contributed by atoms with van der Waals surface area (Å²) >= 11 is 0. The minimum absolute atomic E-state index is 0.154. The molecule has 0 N–H and O–H groups in total. The molecule has 0 saturated carbocycles. The third kappa shape index (κ3) is 1.99. The SMILES string of the molecule is CC(=O)N(c1ccccc1)c1cccc2c1=NC(=O)N=2. The molecule has 0 aliphatic carbocycles. The second kappa shape index (κ2) is 4.70. The number of amides is 3. The molecule has 2 aromatic carbocycles. The van der Waals surface area contributed by atoms with Crippen LogP contribution in [-0.2, 0) is 4.79 Å². The molecule has 0 aromatic heterocycles. The Balaban J connectivity index is 2.25. The van der Waals surface area contributed by atoms with Gasteiger partial charge in [0.05, 0.1) is 11.0 Å². The van der Waals surface area contributed by atoms with Crippen molar-refractivity contribution in [2.24, 2.45) is 9.98 Å². The summed E-state index contributed by atoms with van der Waals surface area (Å²) in [7, 11) is 0. The summed E-state index contributed by atoms with van der Waals surface area (Å²) in [5.74, 6) is -0.154. The van der Waals surface area contributed by atoms with Crippen molar-refractivity contribution in [3.05, 3.63) is 59.2 Å². The predicted molar refractivity (Wildman–Crippen MR) is 73.4 cm³/mol. The average molecular weight is 265 g/mol. The maximum Gasteiger partial charge on any atom is 0.368 e. The summed E-state index contributed by atoms with van der Waals surface area (Å²) in [5, 5.41) is 0.936. The number of nitrogens with zero attached hydrogens (tertiary/aromatic N) is 3. The van der Waals surface area contributed by atoms with Gasteiger partial charge in [0.2, 0.25) is 5.91 Å². The molecule has 3 rings (SSSR count). The summed E-state index contributed by atoms with van der Waals surface area (Å²) in [4.78, 5) is 32.5. The zero-order chi connectivity index (χ0) is 14.1. The molecule has 3 amide bonds. The van der Waals surface area contributed by atoms with Gasteiger partial charge in [-0.3, -0.25) is 9.69 Å². The smallest absolute Gasteiger partial charge is 0.279 e. The van der Waals surface area contributed by atoms with Gasteiger partial charge in [0.1, 0.15) is 5.36 Å². The first-order valence-electron chi connectivity index (χ1n) is 6.13. The molecule has 0 atom stereocenters. The van der Waals surface area contributed by atoms with Crippen LogP contribution in [0, 0.1) is 0 Å². The number of carbonyl (C=O) groups excluding carboxylic acids is 2.